The van der Waals surface area contributed by atoms with Gasteiger partial charge in [0, 0.05) is 29.1 Å². The molecular weight excluding hydrogens is 310 g/mol. The highest BCUT2D eigenvalue weighted by molar-refractivity contribution is 5.42. The second-order valence-electron chi connectivity index (χ2n) is 6.96. The summed E-state index contributed by atoms with van der Waals surface area (Å²) in [6.07, 6.45) is 4.85. The fourth-order valence-electron chi connectivity index (χ4n) is 3.95. The largest absolute Gasteiger partial charge is 0.319 e. The molecule has 0 atom stereocenters. The van der Waals surface area contributed by atoms with E-state index in [4.69, 9.17) is 0 Å². The van der Waals surface area contributed by atoms with E-state index in [9.17, 15) is 4.79 Å². The van der Waals surface area contributed by atoms with Gasteiger partial charge in [0.15, 0.2) is 0 Å². The fraction of sp³-hybridized carbons (Fsp3) is 0.333. The van der Waals surface area contributed by atoms with Crippen LogP contribution in [0.15, 0.2) is 41.2 Å². The Bertz CT molecular complexity index is 962. The van der Waals surface area contributed by atoms with Gasteiger partial charge in [-0.1, -0.05) is 12.1 Å². The van der Waals surface area contributed by atoms with E-state index in [1.54, 1.807) is 0 Å². The van der Waals surface area contributed by atoms with E-state index in [2.05, 4.69) is 65.0 Å². The standard InChI is InChI=1S/C21H23N3O/c1-14-10-11-15(2)24(14)17-7-5-6-16(12-17)13-20-18-8-3-4-9-19(18)21(25)23-22-20/h5-7,10-12H,3-4,8-9,13H2,1-2H3,(H,23,25). The Morgan fingerprint density at radius 3 is 2.52 bits per heavy atom. The Kier molecular flexibility index (Phi) is 4.04. The Morgan fingerprint density at radius 1 is 1.04 bits per heavy atom. The first kappa shape index (κ1) is 15.9. The topological polar surface area (TPSA) is 50.7 Å². The van der Waals surface area contributed by atoms with Crippen LogP contribution in [0.3, 0.4) is 0 Å². The number of H-pyrrole nitrogens is 1. The second-order valence-corrected chi connectivity index (χ2v) is 6.96. The van der Waals surface area contributed by atoms with E-state index in [-0.39, 0.29) is 5.56 Å². The van der Waals surface area contributed by atoms with Crippen molar-refractivity contribution in [3.63, 3.8) is 0 Å². The highest BCUT2D eigenvalue weighted by Crippen LogP contribution is 2.23. The number of fused-ring (bicyclic) bond motifs is 1. The molecule has 128 valence electrons. The van der Waals surface area contributed by atoms with Gasteiger partial charge in [0.25, 0.3) is 5.56 Å². The number of nitrogens with zero attached hydrogens (tertiary/aromatic N) is 2. The van der Waals surface area contributed by atoms with E-state index in [1.165, 1.54) is 28.2 Å². The number of aromatic nitrogens is 3. The van der Waals surface area contributed by atoms with Gasteiger partial charge in [-0.25, -0.2) is 5.10 Å². The lowest BCUT2D eigenvalue weighted by molar-refractivity contribution is 0.655. The Hall–Kier alpha value is -2.62. The number of hydrogen-bond donors (Lipinski definition) is 1. The molecule has 0 bridgehead atoms. The molecule has 0 unspecified atom stereocenters. The summed E-state index contributed by atoms with van der Waals surface area (Å²) in [6, 6.07) is 12.9. The predicted octanol–water partition coefficient (Wildman–Crippen LogP) is 3.65. The molecule has 0 saturated carbocycles. The van der Waals surface area contributed by atoms with Crippen LogP contribution < -0.4 is 5.56 Å². The Balaban J connectivity index is 1.71. The third-order valence-corrected chi connectivity index (χ3v) is 5.19. The monoisotopic (exact) mass is 333 g/mol. The van der Waals surface area contributed by atoms with E-state index >= 15 is 0 Å². The number of aryl methyl sites for hydroxylation is 2. The van der Waals surface area contributed by atoms with Crippen LogP contribution in [-0.2, 0) is 19.3 Å². The van der Waals surface area contributed by atoms with Gasteiger partial charge in [-0.2, -0.15) is 5.10 Å². The van der Waals surface area contributed by atoms with Gasteiger partial charge in [-0.05, 0) is 74.9 Å². The lowest BCUT2D eigenvalue weighted by Gasteiger charge is -2.17. The Labute approximate surface area is 147 Å². The molecule has 2 heterocycles. The van der Waals surface area contributed by atoms with Gasteiger partial charge in [0.2, 0.25) is 0 Å². The average Bonchev–Trinajstić information content (AvgIpc) is 2.96. The molecule has 0 saturated heterocycles. The summed E-state index contributed by atoms with van der Waals surface area (Å²) >= 11 is 0. The third-order valence-electron chi connectivity index (χ3n) is 5.19. The highest BCUT2D eigenvalue weighted by atomic mass is 16.1. The van der Waals surface area contributed by atoms with Crippen molar-refractivity contribution in [1.82, 2.24) is 14.8 Å². The molecule has 2 aromatic heterocycles. The minimum Gasteiger partial charge on any atom is -0.319 e. The zero-order chi connectivity index (χ0) is 17.4. The molecule has 4 heteroatoms. The SMILES string of the molecule is Cc1ccc(C)n1-c1cccc(Cc2n[nH]c(=O)c3c2CCCC3)c1. The predicted molar refractivity (Wildman–Crippen MR) is 99.5 cm³/mol. The molecule has 1 aromatic carbocycles. The number of aromatic amines is 1. The van der Waals surface area contributed by atoms with Crippen LogP contribution in [0.25, 0.3) is 5.69 Å². The quantitative estimate of drug-likeness (QED) is 0.795. The first-order valence-corrected chi connectivity index (χ1v) is 8.97. The summed E-state index contributed by atoms with van der Waals surface area (Å²) in [6.45, 7) is 4.25. The maximum absolute atomic E-state index is 12.0. The third kappa shape index (κ3) is 2.93. The van der Waals surface area contributed by atoms with E-state index in [1.807, 2.05) is 0 Å². The zero-order valence-electron chi connectivity index (χ0n) is 14.8. The van der Waals surface area contributed by atoms with Crippen molar-refractivity contribution in [1.29, 1.82) is 0 Å². The molecule has 0 radical (unpaired) electrons. The van der Waals surface area contributed by atoms with Crippen LogP contribution in [0.1, 0.15) is 46.6 Å². The van der Waals surface area contributed by atoms with Crippen LogP contribution in [0, 0.1) is 13.8 Å². The van der Waals surface area contributed by atoms with Crippen molar-refractivity contribution in [3.8, 4) is 5.69 Å². The smallest absolute Gasteiger partial charge is 0.267 e. The number of benzene rings is 1. The lowest BCUT2D eigenvalue weighted by Crippen LogP contribution is -2.23. The van der Waals surface area contributed by atoms with Crippen molar-refractivity contribution < 1.29 is 0 Å². The number of rotatable bonds is 3. The van der Waals surface area contributed by atoms with Crippen LogP contribution >= 0.6 is 0 Å². The van der Waals surface area contributed by atoms with Crippen LogP contribution in [0.2, 0.25) is 0 Å². The molecular formula is C21H23N3O. The molecule has 1 N–H and O–H groups in total. The van der Waals surface area contributed by atoms with Crippen molar-refractivity contribution in [3.05, 3.63) is 80.5 Å². The summed E-state index contributed by atoms with van der Waals surface area (Å²) in [5.74, 6) is 0. The molecule has 1 aliphatic rings. The minimum absolute atomic E-state index is 0.00853. The summed E-state index contributed by atoms with van der Waals surface area (Å²) in [5, 5.41) is 7.07. The van der Waals surface area contributed by atoms with Crippen molar-refractivity contribution in [2.75, 3.05) is 0 Å². The Morgan fingerprint density at radius 2 is 1.76 bits per heavy atom. The molecule has 0 amide bonds. The molecule has 1 aliphatic carbocycles. The molecule has 4 rings (SSSR count). The van der Waals surface area contributed by atoms with Crippen molar-refractivity contribution >= 4 is 0 Å². The molecule has 25 heavy (non-hydrogen) atoms. The molecule has 0 spiro atoms. The number of hydrogen-bond acceptors (Lipinski definition) is 2. The summed E-state index contributed by atoms with van der Waals surface area (Å²) in [5.41, 5.74) is 7.99. The van der Waals surface area contributed by atoms with Crippen molar-refractivity contribution in [2.24, 2.45) is 0 Å². The number of nitrogens with one attached hydrogen (secondary N) is 1. The minimum atomic E-state index is -0.00853. The van der Waals surface area contributed by atoms with Crippen molar-refractivity contribution in [2.45, 2.75) is 46.0 Å². The maximum Gasteiger partial charge on any atom is 0.267 e. The molecule has 4 nitrogen and oxygen atoms in total. The molecule has 3 aromatic rings. The summed E-state index contributed by atoms with van der Waals surface area (Å²) in [4.78, 5) is 12.0. The summed E-state index contributed by atoms with van der Waals surface area (Å²) < 4.78 is 2.26. The lowest BCUT2D eigenvalue weighted by atomic mass is 9.90. The maximum atomic E-state index is 12.0. The van der Waals surface area contributed by atoms with Gasteiger partial charge in [0.05, 0.1) is 5.69 Å². The van der Waals surface area contributed by atoms with E-state index in [0.717, 1.165) is 43.4 Å². The van der Waals surface area contributed by atoms with E-state index < -0.39 is 0 Å². The second kappa shape index (κ2) is 6.36. The van der Waals surface area contributed by atoms with Gasteiger partial charge in [-0.15, -0.1) is 0 Å². The first-order chi connectivity index (χ1) is 12.1. The zero-order valence-corrected chi connectivity index (χ0v) is 14.8. The van der Waals surface area contributed by atoms with Gasteiger partial charge < -0.3 is 4.57 Å². The highest BCUT2D eigenvalue weighted by Gasteiger charge is 2.18. The van der Waals surface area contributed by atoms with Crippen LogP contribution in [0.4, 0.5) is 0 Å². The average molecular weight is 333 g/mol. The van der Waals surface area contributed by atoms with Crippen LogP contribution in [0.5, 0.6) is 0 Å². The first-order valence-electron chi connectivity index (χ1n) is 8.97. The van der Waals surface area contributed by atoms with Gasteiger partial charge in [0.1, 0.15) is 0 Å². The fourth-order valence-corrected chi connectivity index (χ4v) is 3.95. The molecule has 0 fully saturated rings. The normalized spacial score (nSPS) is 13.7. The van der Waals surface area contributed by atoms with Gasteiger partial charge in [-0.3, -0.25) is 4.79 Å². The van der Waals surface area contributed by atoms with E-state index in [0.29, 0.717) is 0 Å². The molecule has 0 aliphatic heterocycles. The summed E-state index contributed by atoms with van der Waals surface area (Å²) in [7, 11) is 0. The van der Waals surface area contributed by atoms with Crippen LogP contribution in [-0.4, -0.2) is 14.8 Å². The van der Waals surface area contributed by atoms with Gasteiger partial charge >= 0.3 is 0 Å².